The number of nitrogens with zero attached hydrogens (tertiary/aromatic N) is 2. The molecule has 5 nitrogen and oxygen atoms in total. The van der Waals surface area contributed by atoms with Crippen molar-refractivity contribution in [3.8, 4) is 45.0 Å². The van der Waals surface area contributed by atoms with Gasteiger partial charge in [0.05, 0.1) is 11.4 Å². The molecule has 6 rings (SSSR count). The van der Waals surface area contributed by atoms with Gasteiger partial charge in [-0.25, -0.2) is 9.97 Å². The van der Waals surface area contributed by atoms with Crippen LogP contribution in [0.15, 0.2) is 130 Å². The number of benzene rings is 4. The Balaban J connectivity index is 1.12. The van der Waals surface area contributed by atoms with Gasteiger partial charge in [-0.05, 0) is 11.1 Å². The lowest BCUT2D eigenvalue weighted by Gasteiger charge is -2.03. The standard InChI is InChI=1S/C32H23N3O2S2/c36-28(34-31-33-27(20-38-31)24-18-16-23(17-19-24)22-10-4-1-5-11-22)21-39-32-35-29(25-12-6-2-7-13-25)30(37-32)26-14-8-3-9-15-26/h1-20H,21H2,(H,33,34,36). The molecule has 4 aromatic carbocycles. The first kappa shape index (κ1) is 24.9. The number of aromatic nitrogens is 2. The van der Waals surface area contributed by atoms with Crippen LogP contribution in [0.4, 0.5) is 5.13 Å². The molecule has 7 heteroatoms. The number of anilines is 1. The maximum Gasteiger partial charge on any atom is 0.257 e. The van der Waals surface area contributed by atoms with Crippen LogP contribution in [0.5, 0.6) is 0 Å². The van der Waals surface area contributed by atoms with Gasteiger partial charge in [-0.3, -0.25) is 4.79 Å². The Hall–Kier alpha value is -4.46. The molecule has 0 saturated heterocycles. The number of thiazole rings is 1. The normalized spacial score (nSPS) is 10.9. The van der Waals surface area contributed by atoms with E-state index >= 15 is 0 Å². The minimum Gasteiger partial charge on any atom is -0.431 e. The van der Waals surface area contributed by atoms with E-state index in [1.807, 2.05) is 84.2 Å². The molecule has 2 heterocycles. The van der Waals surface area contributed by atoms with E-state index in [0.717, 1.165) is 33.6 Å². The molecule has 0 radical (unpaired) electrons. The summed E-state index contributed by atoms with van der Waals surface area (Å²) in [5, 5.41) is 5.86. The molecule has 2 aromatic heterocycles. The highest BCUT2D eigenvalue weighted by Gasteiger charge is 2.18. The number of thioether (sulfide) groups is 1. The third-order valence-corrected chi connectivity index (χ3v) is 7.64. The Labute approximate surface area is 234 Å². The number of nitrogens with one attached hydrogen (secondary N) is 1. The van der Waals surface area contributed by atoms with Gasteiger partial charge in [0.1, 0.15) is 5.69 Å². The highest BCUT2D eigenvalue weighted by molar-refractivity contribution is 7.99. The number of amides is 1. The van der Waals surface area contributed by atoms with Gasteiger partial charge in [0.25, 0.3) is 5.22 Å². The van der Waals surface area contributed by atoms with Crippen molar-refractivity contribution in [2.24, 2.45) is 0 Å². The van der Waals surface area contributed by atoms with Crippen molar-refractivity contribution in [3.63, 3.8) is 0 Å². The van der Waals surface area contributed by atoms with Gasteiger partial charge in [-0.2, -0.15) is 0 Å². The smallest absolute Gasteiger partial charge is 0.257 e. The number of hydrogen-bond acceptors (Lipinski definition) is 6. The Morgan fingerprint density at radius 1 is 0.692 bits per heavy atom. The fourth-order valence-electron chi connectivity index (χ4n) is 4.15. The topological polar surface area (TPSA) is 68.0 Å². The fourth-order valence-corrected chi connectivity index (χ4v) is 5.51. The van der Waals surface area contributed by atoms with Crippen molar-refractivity contribution in [1.29, 1.82) is 0 Å². The second-order valence-electron chi connectivity index (χ2n) is 8.71. The van der Waals surface area contributed by atoms with Crippen molar-refractivity contribution in [1.82, 2.24) is 9.97 Å². The van der Waals surface area contributed by atoms with Crippen LogP contribution < -0.4 is 5.32 Å². The molecule has 0 unspecified atom stereocenters. The molecule has 0 saturated carbocycles. The van der Waals surface area contributed by atoms with Crippen LogP contribution in [0.25, 0.3) is 45.0 Å². The molecule has 6 aromatic rings. The molecule has 0 aliphatic carbocycles. The Morgan fingerprint density at radius 2 is 1.26 bits per heavy atom. The highest BCUT2D eigenvalue weighted by Crippen LogP contribution is 2.35. The SMILES string of the molecule is O=C(CSc1nc(-c2ccccc2)c(-c2ccccc2)o1)Nc1nc(-c2ccc(-c3ccccc3)cc2)cs1. The van der Waals surface area contributed by atoms with E-state index < -0.39 is 0 Å². The van der Waals surface area contributed by atoms with Crippen LogP contribution >= 0.6 is 23.1 Å². The second-order valence-corrected chi connectivity index (χ2v) is 10.5. The Morgan fingerprint density at radius 3 is 1.92 bits per heavy atom. The number of oxazole rings is 1. The van der Waals surface area contributed by atoms with E-state index in [4.69, 9.17) is 9.40 Å². The summed E-state index contributed by atoms with van der Waals surface area (Å²) in [6, 6.07) is 38.3. The number of hydrogen-bond donors (Lipinski definition) is 1. The lowest BCUT2D eigenvalue weighted by molar-refractivity contribution is -0.113. The summed E-state index contributed by atoms with van der Waals surface area (Å²) in [6.07, 6.45) is 0. The summed E-state index contributed by atoms with van der Waals surface area (Å²) in [7, 11) is 0. The second kappa shape index (κ2) is 11.5. The monoisotopic (exact) mass is 545 g/mol. The van der Waals surface area contributed by atoms with E-state index in [2.05, 4.69) is 46.7 Å². The molecule has 0 spiro atoms. The van der Waals surface area contributed by atoms with Crippen molar-refractivity contribution < 1.29 is 9.21 Å². The Bertz CT molecular complexity index is 1620. The number of carbonyl (C=O) groups excluding carboxylic acids is 1. The van der Waals surface area contributed by atoms with E-state index in [0.29, 0.717) is 16.1 Å². The number of carbonyl (C=O) groups is 1. The molecule has 0 atom stereocenters. The largest absolute Gasteiger partial charge is 0.431 e. The molecule has 39 heavy (non-hydrogen) atoms. The summed E-state index contributed by atoms with van der Waals surface area (Å²) >= 11 is 2.67. The van der Waals surface area contributed by atoms with Gasteiger partial charge in [0.15, 0.2) is 10.9 Å². The number of rotatable bonds is 8. The van der Waals surface area contributed by atoms with E-state index in [-0.39, 0.29) is 11.7 Å². The molecule has 1 amide bonds. The van der Waals surface area contributed by atoms with Crippen LogP contribution in [0.2, 0.25) is 0 Å². The molecule has 1 N–H and O–H groups in total. The first-order valence-electron chi connectivity index (χ1n) is 12.4. The average molecular weight is 546 g/mol. The van der Waals surface area contributed by atoms with E-state index in [1.54, 1.807) is 0 Å². The molecular formula is C32H23N3O2S2. The molecule has 0 aliphatic heterocycles. The summed E-state index contributed by atoms with van der Waals surface area (Å²) in [5.74, 6) is 0.678. The van der Waals surface area contributed by atoms with E-state index in [1.165, 1.54) is 28.7 Å². The molecule has 190 valence electrons. The summed E-state index contributed by atoms with van der Waals surface area (Å²) in [5.41, 5.74) is 6.81. The van der Waals surface area contributed by atoms with Gasteiger partial charge >= 0.3 is 0 Å². The van der Waals surface area contributed by atoms with Crippen LogP contribution in [0.3, 0.4) is 0 Å². The quantitative estimate of drug-likeness (QED) is 0.194. The zero-order chi connectivity index (χ0) is 26.4. The van der Waals surface area contributed by atoms with Gasteiger partial charge < -0.3 is 9.73 Å². The average Bonchev–Trinajstić information content (AvgIpc) is 3.65. The highest BCUT2D eigenvalue weighted by atomic mass is 32.2. The van der Waals surface area contributed by atoms with Gasteiger partial charge in [0.2, 0.25) is 5.91 Å². The lowest BCUT2D eigenvalue weighted by atomic mass is 10.0. The predicted molar refractivity (Wildman–Crippen MR) is 160 cm³/mol. The first-order chi connectivity index (χ1) is 19.2. The van der Waals surface area contributed by atoms with Crippen LogP contribution in [0.1, 0.15) is 0 Å². The molecule has 0 bridgehead atoms. The van der Waals surface area contributed by atoms with Gasteiger partial charge in [0, 0.05) is 22.1 Å². The lowest BCUT2D eigenvalue weighted by Crippen LogP contribution is -2.13. The third-order valence-electron chi connectivity index (χ3n) is 6.06. The van der Waals surface area contributed by atoms with Gasteiger partial charge in [-0.15, -0.1) is 11.3 Å². The fraction of sp³-hybridized carbons (Fsp3) is 0.0312. The third kappa shape index (κ3) is 5.85. The van der Waals surface area contributed by atoms with Crippen molar-refractivity contribution in [3.05, 3.63) is 121 Å². The minimum atomic E-state index is -0.166. The van der Waals surface area contributed by atoms with Crippen LogP contribution in [-0.4, -0.2) is 21.6 Å². The van der Waals surface area contributed by atoms with Crippen molar-refractivity contribution in [2.75, 3.05) is 11.1 Å². The zero-order valence-electron chi connectivity index (χ0n) is 20.8. The minimum absolute atomic E-state index is 0.156. The first-order valence-corrected chi connectivity index (χ1v) is 14.3. The maximum absolute atomic E-state index is 12.7. The molecule has 0 fully saturated rings. The van der Waals surface area contributed by atoms with Crippen LogP contribution in [0, 0.1) is 0 Å². The summed E-state index contributed by atoms with van der Waals surface area (Å²) < 4.78 is 6.12. The van der Waals surface area contributed by atoms with Crippen molar-refractivity contribution in [2.45, 2.75) is 5.22 Å². The summed E-state index contributed by atoms with van der Waals surface area (Å²) in [6.45, 7) is 0. The van der Waals surface area contributed by atoms with Gasteiger partial charge in [-0.1, -0.05) is 127 Å². The van der Waals surface area contributed by atoms with E-state index in [9.17, 15) is 4.79 Å². The summed E-state index contributed by atoms with van der Waals surface area (Å²) in [4.78, 5) is 22.1. The predicted octanol–water partition coefficient (Wildman–Crippen LogP) is 8.53. The molecule has 0 aliphatic rings. The molecular weight excluding hydrogens is 523 g/mol. The Kier molecular flexibility index (Phi) is 7.34. The van der Waals surface area contributed by atoms with Crippen molar-refractivity contribution >= 4 is 34.1 Å². The van der Waals surface area contributed by atoms with Crippen LogP contribution in [-0.2, 0) is 4.79 Å². The maximum atomic E-state index is 12.7. The zero-order valence-corrected chi connectivity index (χ0v) is 22.4.